The van der Waals surface area contributed by atoms with Gasteiger partial charge in [-0.3, -0.25) is 0 Å². The third-order valence-electron chi connectivity index (χ3n) is 12.6. The van der Waals surface area contributed by atoms with Crippen LogP contribution in [0.1, 0.15) is 0 Å². The molecule has 0 aliphatic carbocycles. The molecule has 0 unspecified atom stereocenters. The first-order valence-electron chi connectivity index (χ1n) is 21.6. The van der Waals surface area contributed by atoms with Crippen LogP contribution in [0.25, 0.3) is 126 Å². The van der Waals surface area contributed by atoms with Crippen molar-refractivity contribution in [2.75, 3.05) is 0 Å². The maximum absolute atomic E-state index is 5.27. The summed E-state index contributed by atoms with van der Waals surface area (Å²) >= 11 is 1.85. The highest BCUT2D eigenvalue weighted by Crippen LogP contribution is 2.45. The van der Waals surface area contributed by atoms with Crippen LogP contribution in [0.2, 0.25) is 0 Å². The van der Waals surface area contributed by atoms with E-state index in [-0.39, 0.29) is 0 Å². The van der Waals surface area contributed by atoms with Crippen LogP contribution in [-0.2, 0) is 0 Å². The van der Waals surface area contributed by atoms with Gasteiger partial charge < -0.3 is 4.57 Å². The Labute approximate surface area is 373 Å². The standard InChI is InChI=1S/C59H36N4S/c1-3-14-37(15-4-1)38-26-28-40(29-27-38)58-60-57(39-16-5-2-6-17-39)61-59(62-58)45-30-31-52(63-51-24-12-11-22-46(51)48-32-41-18-7-9-20-43(41)35-53(48)63)49(34-45)47-23-13-25-54-56(47)50-33-42-19-8-10-21-44(42)36-55(50)64-54/h1-36H. The fraction of sp³-hybridized carbons (Fsp3) is 0. The van der Waals surface area contributed by atoms with E-state index in [2.05, 4.69) is 199 Å². The number of benzene rings is 10. The van der Waals surface area contributed by atoms with Gasteiger partial charge in [-0.2, -0.15) is 0 Å². The van der Waals surface area contributed by atoms with E-state index in [0.717, 1.165) is 50.1 Å². The molecular formula is C59H36N4S. The number of thiophene rings is 1. The van der Waals surface area contributed by atoms with Gasteiger partial charge in [-0.05, 0) is 92.8 Å². The summed E-state index contributed by atoms with van der Waals surface area (Å²) in [4.78, 5) is 15.6. The first-order valence-corrected chi connectivity index (χ1v) is 22.4. The first-order chi connectivity index (χ1) is 31.7. The molecule has 5 heteroatoms. The van der Waals surface area contributed by atoms with Gasteiger partial charge in [0.15, 0.2) is 17.5 Å². The highest BCUT2D eigenvalue weighted by atomic mass is 32.1. The lowest BCUT2D eigenvalue weighted by atomic mass is 9.95. The van der Waals surface area contributed by atoms with E-state index in [4.69, 9.17) is 15.0 Å². The highest BCUT2D eigenvalue weighted by molar-refractivity contribution is 7.26. The van der Waals surface area contributed by atoms with Crippen molar-refractivity contribution < 1.29 is 0 Å². The molecule has 0 bridgehead atoms. The van der Waals surface area contributed by atoms with E-state index < -0.39 is 0 Å². The minimum absolute atomic E-state index is 0.616. The van der Waals surface area contributed by atoms with Crippen molar-refractivity contribution in [3.8, 4) is 62.1 Å². The zero-order chi connectivity index (χ0) is 42.1. The van der Waals surface area contributed by atoms with E-state index in [1.54, 1.807) is 0 Å². The molecule has 64 heavy (non-hydrogen) atoms. The van der Waals surface area contributed by atoms with Crippen LogP contribution >= 0.6 is 11.3 Å². The fourth-order valence-corrected chi connectivity index (χ4v) is 10.7. The van der Waals surface area contributed by atoms with Crippen LogP contribution in [0, 0.1) is 0 Å². The molecule has 0 saturated heterocycles. The molecule has 0 fully saturated rings. The summed E-state index contributed by atoms with van der Waals surface area (Å²) in [6.07, 6.45) is 0. The summed E-state index contributed by atoms with van der Waals surface area (Å²) < 4.78 is 4.98. The van der Waals surface area contributed by atoms with Gasteiger partial charge in [0.1, 0.15) is 0 Å². The molecule has 0 aliphatic heterocycles. The van der Waals surface area contributed by atoms with Crippen molar-refractivity contribution in [2.24, 2.45) is 0 Å². The summed E-state index contributed by atoms with van der Waals surface area (Å²) in [6, 6.07) is 78.2. The van der Waals surface area contributed by atoms with Gasteiger partial charge in [0.2, 0.25) is 0 Å². The summed E-state index contributed by atoms with van der Waals surface area (Å²) in [5.41, 5.74) is 10.8. The topological polar surface area (TPSA) is 43.6 Å². The van der Waals surface area contributed by atoms with Gasteiger partial charge in [0.05, 0.1) is 16.7 Å². The third-order valence-corrected chi connectivity index (χ3v) is 13.7. The molecule has 0 atom stereocenters. The number of rotatable bonds is 6. The number of hydrogen-bond acceptors (Lipinski definition) is 4. The van der Waals surface area contributed by atoms with Crippen LogP contribution in [0.5, 0.6) is 0 Å². The molecule has 10 aromatic carbocycles. The van der Waals surface area contributed by atoms with E-state index >= 15 is 0 Å². The Morgan fingerprint density at radius 2 is 0.844 bits per heavy atom. The minimum atomic E-state index is 0.616. The van der Waals surface area contributed by atoms with Gasteiger partial charge in [-0.25, -0.2) is 15.0 Å². The summed E-state index contributed by atoms with van der Waals surface area (Å²) in [5.74, 6) is 1.87. The van der Waals surface area contributed by atoms with Gasteiger partial charge in [-0.1, -0.05) is 164 Å². The Balaban J connectivity index is 1.08. The predicted molar refractivity (Wildman–Crippen MR) is 269 cm³/mol. The largest absolute Gasteiger partial charge is 0.309 e. The number of nitrogens with zero attached hydrogens (tertiary/aromatic N) is 4. The fourth-order valence-electron chi connectivity index (χ4n) is 9.53. The summed E-state index contributed by atoms with van der Waals surface area (Å²) in [7, 11) is 0. The maximum Gasteiger partial charge on any atom is 0.164 e. The maximum atomic E-state index is 5.27. The molecule has 298 valence electrons. The van der Waals surface area contributed by atoms with Crippen LogP contribution in [0.15, 0.2) is 218 Å². The highest BCUT2D eigenvalue weighted by Gasteiger charge is 2.22. The Morgan fingerprint density at radius 1 is 0.312 bits per heavy atom. The second-order valence-corrected chi connectivity index (χ2v) is 17.5. The minimum Gasteiger partial charge on any atom is -0.309 e. The molecule has 0 spiro atoms. The molecule has 13 aromatic rings. The molecule has 0 radical (unpaired) electrons. The van der Waals surface area contributed by atoms with Crippen molar-refractivity contribution in [2.45, 2.75) is 0 Å². The number of para-hydroxylation sites is 1. The predicted octanol–water partition coefficient (Wildman–Crippen LogP) is 16.0. The smallest absolute Gasteiger partial charge is 0.164 e. The molecular weight excluding hydrogens is 797 g/mol. The van der Waals surface area contributed by atoms with E-state index in [0.29, 0.717) is 17.5 Å². The van der Waals surface area contributed by atoms with Crippen LogP contribution in [0.3, 0.4) is 0 Å². The van der Waals surface area contributed by atoms with Gasteiger partial charge in [0.25, 0.3) is 0 Å². The molecule has 0 aliphatic rings. The average molecular weight is 833 g/mol. The zero-order valence-electron chi connectivity index (χ0n) is 34.5. The van der Waals surface area contributed by atoms with Crippen LogP contribution in [0.4, 0.5) is 0 Å². The Hall–Kier alpha value is -8.25. The lowest BCUT2D eigenvalue weighted by Gasteiger charge is -2.17. The van der Waals surface area contributed by atoms with Gasteiger partial charge in [0, 0.05) is 53.2 Å². The number of hydrogen-bond donors (Lipinski definition) is 0. The molecule has 0 N–H and O–H groups in total. The van der Waals surface area contributed by atoms with E-state index in [9.17, 15) is 0 Å². The van der Waals surface area contributed by atoms with E-state index in [1.807, 2.05) is 35.6 Å². The number of aromatic nitrogens is 4. The van der Waals surface area contributed by atoms with Gasteiger partial charge in [-0.15, -0.1) is 11.3 Å². The van der Waals surface area contributed by atoms with Crippen LogP contribution < -0.4 is 0 Å². The average Bonchev–Trinajstić information content (AvgIpc) is 3.89. The lowest BCUT2D eigenvalue weighted by Crippen LogP contribution is -2.02. The van der Waals surface area contributed by atoms with E-state index in [1.165, 1.54) is 58.1 Å². The third kappa shape index (κ3) is 6.01. The second-order valence-electron chi connectivity index (χ2n) is 16.4. The second kappa shape index (κ2) is 14.7. The van der Waals surface area contributed by atoms with Crippen molar-refractivity contribution in [1.29, 1.82) is 0 Å². The molecule has 3 heterocycles. The Morgan fingerprint density at radius 3 is 1.56 bits per heavy atom. The van der Waals surface area contributed by atoms with Crippen LogP contribution in [-0.4, -0.2) is 19.5 Å². The lowest BCUT2D eigenvalue weighted by molar-refractivity contribution is 1.07. The molecule has 4 nitrogen and oxygen atoms in total. The van der Waals surface area contributed by atoms with Crippen molar-refractivity contribution in [3.63, 3.8) is 0 Å². The molecule has 0 amide bonds. The summed E-state index contributed by atoms with van der Waals surface area (Å²) in [6.45, 7) is 0. The first kappa shape index (κ1) is 36.4. The SMILES string of the molecule is c1ccc(-c2ccc(-c3nc(-c4ccccc4)nc(-c4ccc(-n5c6ccccc6c6cc7ccccc7cc65)c(-c5cccc6sc7cc8ccccc8cc7c56)c4)n3)cc2)cc1. The van der Waals surface area contributed by atoms with Crippen molar-refractivity contribution >= 4 is 74.9 Å². The monoisotopic (exact) mass is 832 g/mol. The number of fused-ring (bicyclic) bond motifs is 8. The normalized spacial score (nSPS) is 11.8. The molecule has 3 aromatic heterocycles. The molecule has 0 saturated carbocycles. The van der Waals surface area contributed by atoms with Crippen molar-refractivity contribution in [3.05, 3.63) is 218 Å². The quantitative estimate of drug-likeness (QED) is 0.168. The Bertz CT molecular complexity index is 3940. The molecule has 13 rings (SSSR count). The summed E-state index contributed by atoms with van der Waals surface area (Å²) in [5, 5.41) is 9.86. The van der Waals surface area contributed by atoms with Gasteiger partial charge >= 0.3 is 0 Å². The Kier molecular flexibility index (Phi) is 8.36. The van der Waals surface area contributed by atoms with Crippen molar-refractivity contribution in [1.82, 2.24) is 19.5 Å². The zero-order valence-corrected chi connectivity index (χ0v) is 35.3.